The molecule has 0 fully saturated rings. The summed E-state index contributed by atoms with van der Waals surface area (Å²) in [4.78, 5) is 0. The standard InChI is InChI=1S/C9H16NOS.HI/c1-2-11-7-4-3-5-10-6-8-12-9-10;/h6,8-9H,2-5,7H2,1H3;1H/q+1;/p-1. The van der Waals surface area contributed by atoms with Gasteiger partial charge in [0.05, 0.1) is 5.38 Å². The lowest BCUT2D eigenvalue weighted by Gasteiger charge is -1.97. The van der Waals surface area contributed by atoms with Gasteiger partial charge in [-0.1, -0.05) is 11.3 Å². The third-order valence-electron chi connectivity index (χ3n) is 1.69. The van der Waals surface area contributed by atoms with Gasteiger partial charge in [-0.3, -0.25) is 0 Å². The van der Waals surface area contributed by atoms with E-state index in [-0.39, 0.29) is 24.0 Å². The molecule has 0 N–H and O–H groups in total. The van der Waals surface area contributed by atoms with Gasteiger partial charge in [-0.15, -0.1) is 0 Å². The topological polar surface area (TPSA) is 13.1 Å². The second-order valence-electron chi connectivity index (χ2n) is 2.67. The summed E-state index contributed by atoms with van der Waals surface area (Å²) in [6.45, 7) is 4.90. The van der Waals surface area contributed by atoms with Crippen LogP contribution in [0.15, 0.2) is 17.1 Å². The Morgan fingerprint density at radius 3 is 2.85 bits per heavy atom. The summed E-state index contributed by atoms with van der Waals surface area (Å²) < 4.78 is 7.47. The first-order valence-electron chi connectivity index (χ1n) is 4.42. The van der Waals surface area contributed by atoms with Gasteiger partial charge in [-0.05, 0) is 13.3 Å². The molecule has 0 aliphatic carbocycles. The summed E-state index contributed by atoms with van der Waals surface area (Å²) in [7, 11) is 0. The lowest BCUT2D eigenvalue weighted by Crippen LogP contribution is -3.00. The maximum Gasteiger partial charge on any atom is 0.224 e. The Hall–Kier alpha value is 0.320. The van der Waals surface area contributed by atoms with E-state index >= 15 is 0 Å². The summed E-state index contributed by atoms with van der Waals surface area (Å²) in [6, 6.07) is 0. The first kappa shape index (κ1) is 13.3. The van der Waals surface area contributed by atoms with Crippen LogP contribution in [0, 0.1) is 0 Å². The summed E-state index contributed by atoms with van der Waals surface area (Å²) in [5.74, 6) is 0. The number of ether oxygens (including phenoxy) is 1. The van der Waals surface area contributed by atoms with Gasteiger partial charge >= 0.3 is 0 Å². The van der Waals surface area contributed by atoms with Crippen LogP contribution in [-0.2, 0) is 11.3 Å². The molecule has 1 aromatic heterocycles. The van der Waals surface area contributed by atoms with E-state index in [1.165, 1.54) is 6.42 Å². The Bertz CT molecular complexity index is 192. The van der Waals surface area contributed by atoms with Gasteiger partial charge in [0.25, 0.3) is 0 Å². The Morgan fingerprint density at radius 2 is 2.23 bits per heavy atom. The van der Waals surface area contributed by atoms with Gasteiger partial charge in [-0.25, -0.2) is 0 Å². The zero-order chi connectivity index (χ0) is 8.65. The molecule has 1 aromatic rings. The number of aromatic nitrogens is 1. The molecule has 1 heterocycles. The monoisotopic (exact) mass is 313 g/mol. The maximum absolute atomic E-state index is 5.25. The molecule has 0 bridgehead atoms. The summed E-state index contributed by atoms with van der Waals surface area (Å²) >= 11 is 1.74. The molecule has 13 heavy (non-hydrogen) atoms. The van der Waals surface area contributed by atoms with Crippen LogP contribution in [0.5, 0.6) is 0 Å². The molecule has 0 aromatic carbocycles. The van der Waals surface area contributed by atoms with Crippen molar-refractivity contribution in [1.29, 1.82) is 0 Å². The van der Waals surface area contributed by atoms with Crippen molar-refractivity contribution >= 4 is 11.3 Å². The third kappa shape index (κ3) is 6.40. The van der Waals surface area contributed by atoms with Gasteiger partial charge in [0.2, 0.25) is 5.51 Å². The minimum absolute atomic E-state index is 0. The number of unbranched alkanes of at least 4 members (excludes halogenated alkanes) is 1. The molecule has 0 aliphatic heterocycles. The highest BCUT2D eigenvalue weighted by Crippen LogP contribution is 1.93. The predicted octanol–water partition coefficient (Wildman–Crippen LogP) is -1.14. The number of rotatable bonds is 6. The predicted molar refractivity (Wildman–Crippen MR) is 50.2 cm³/mol. The largest absolute Gasteiger partial charge is 1.00 e. The second-order valence-corrected chi connectivity index (χ2v) is 3.42. The SMILES string of the molecule is CCOCCCC[n+]1ccsc1.[I-]. The molecule has 2 nitrogen and oxygen atoms in total. The maximum atomic E-state index is 5.25. The number of hydrogen-bond acceptors (Lipinski definition) is 2. The van der Waals surface area contributed by atoms with Crippen molar-refractivity contribution in [2.45, 2.75) is 26.3 Å². The molecule has 76 valence electrons. The van der Waals surface area contributed by atoms with Crippen LogP contribution < -0.4 is 28.5 Å². The molecular formula is C9H16INOS. The average Bonchev–Trinajstić information content (AvgIpc) is 2.57. The molecule has 0 aliphatic rings. The van der Waals surface area contributed by atoms with Gasteiger partial charge < -0.3 is 28.7 Å². The Morgan fingerprint density at radius 1 is 1.38 bits per heavy atom. The highest BCUT2D eigenvalue weighted by molar-refractivity contribution is 7.07. The molecule has 0 saturated heterocycles. The first-order valence-corrected chi connectivity index (χ1v) is 5.36. The van der Waals surface area contributed by atoms with E-state index < -0.39 is 0 Å². The summed E-state index contributed by atoms with van der Waals surface area (Å²) in [6.07, 6.45) is 4.49. The van der Waals surface area contributed by atoms with Crippen molar-refractivity contribution in [3.63, 3.8) is 0 Å². The van der Waals surface area contributed by atoms with Crippen LogP contribution in [0.3, 0.4) is 0 Å². The van der Waals surface area contributed by atoms with Crippen molar-refractivity contribution < 1.29 is 33.3 Å². The molecule has 0 amide bonds. The van der Waals surface area contributed by atoms with E-state index in [1.807, 2.05) is 6.92 Å². The van der Waals surface area contributed by atoms with Crippen molar-refractivity contribution in [3.8, 4) is 0 Å². The van der Waals surface area contributed by atoms with Gasteiger partial charge in [-0.2, -0.15) is 4.57 Å². The van der Waals surface area contributed by atoms with Crippen LogP contribution in [0.4, 0.5) is 0 Å². The minimum atomic E-state index is 0. The van der Waals surface area contributed by atoms with Crippen LogP contribution in [-0.4, -0.2) is 13.2 Å². The fourth-order valence-electron chi connectivity index (χ4n) is 1.03. The third-order valence-corrected chi connectivity index (χ3v) is 2.36. The van der Waals surface area contributed by atoms with E-state index in [9.17, 15) is 0 Å². The van der Waals surface area contributed by atoms with E-state index in [1.54, 1.807) is 11.3 Å². The number of nitrogens with zero attached hydrogens (tertiary/aromatic N) is 1. The zero-order valence-electron chi connectivity index (χ0n) is 7.91. The summed E-state index contributed by atoms with van der Waals surface area (Å²) in [5, 5.41) is 2.10. The molecular weight excluding hydrogens is 297 g/mol. The number of halogens is 1. The van der Waals surface area contributed by atoms with E-state index in [4.69, 9.17) is 4.74 Å². The van der Waals surface area contributed by atoms with Gasteiger partial charge in [0.15, 0.2) is 6.20 Å². The van der Waals surface area contributed by atoms with Crippen molar-refractivity contribution in [2.75, 3.05) is 13.2 Å². The summed E-state index contributed by atoms with van der Waals surface area (Å²) in [5.41, 5.74) is 2.14. The van der Waals surface area contributed by atoms with Crippen LogP contribution in [0.25, 0.3) is 0 Å². The van der Waals surface area contributed by atoms with Crippen LogP contribution in [0.1, 0.15) is 19.8 Å². The highest BCUT2D eigenvalue weighted by atomic mass is 127. The van der Waals surface area contributed by atoms with Crippen LogP contribution >= 0.6 is 11.3 Å². The average molecular weight is 313 g/mol. The molecule has 0 atom stereocenters. The normalized spacial score (nSPS) is 9.62. The van der Waals surface area contributed by atoms with Crippen LogP contribution in [0.2, 0.25) is 0 Å². The number of thiazole rings is 1. The highest BCUT2D eigenvalue weighted by Gasteiger charge is 1.98. The zero-order valence-corrected chi connectivity index (χ0v) is 10.9. The van der Waals surface area contributed by atoms with Crippen molar-refractivity contribution in [3.05, 3.63) is 17.1 Å². The first-order chi connectivity index (χ1) is 5.93. The molecule has 1 rings (SSSR count). The van der Waals surface area contributed by atoms with E-state index in [2.05, 4.69) is 21.7 Å². The van der Waals surface area contributed by atoms with Crippen molar-refractivity contribution in [1.82, 2.24) is 0 Å². The van der Waals surface area contributed by atoms with Gasteiger partial charge in [0.1, 0.15) is 6.54 Å². The smallest absolute Gasteiger partial charge is 0.224 e. The van der Waals surface area contributed by atoms with E-state index in [0.29, 0.717) is 0 Å². The fourth-order valence-corrected chi connectivity index (χ4v) is 1.66. The Kier molecular flexibility index (Phi) is 9.12. The van der Waals surface area contributed by atoms with Gasteiger partial charge in [0, 0.05) is 19.6 Å². The number of hydrogen-bond donors (Lipinski definition) is 0. The Balaban J connectivity index is 0.00000144. The fraction of sp³-hybridized carbons (Fsp3) is 0.667. The molecule has 0 unspecified atom stereocenters. The van der Waals surface area contributed by atoms with Crippen molar-refractivity contribution in [2.24, 2.45) is 0 Å². The molecule has 0 saturated carbocycles. The lowest BCUT2D eigenvalue weighted by atomic mass is 10.3. The molecule has 0 spiro atoms. The lowest BCUT2D eigenvalue weighted by molar-refractivity contribution is -0.692. The Labute approximate surface area is 101 Å². The number of aryl methyl sites for hydroxylation is 1. The molecule has 4 heteroatoms. The second kappa shape index (κ2) is 8.90. The van der Waals surface area contributed by atoms with E-state index in [0.717, 1.165) is 26.2 Å². The molecule has 0 radical (unpaired) electrons. The minimum Gasteiger partial charge on any atom is -1.00 e. The quantitative estimate of drug-likeness (QED) is 0.368.